The maximum Gasteiger partial charge on any atom is 0.342 e. The number of morpholine rings is 1. The summed E-state index contributed by atoms with van der Waals surface area (Å²) >= 11 is 0. The minimum atomic E-state index is -0.507. The Morgan fingerprint density at radius 1 is 1.32 bits per heavy atom. The number of hydrogen-bond acceptors (Lipinski definition) is 8. The summed E-state index contributed by atoms with van der Waals surface area (Å²) in [7, 11) is 1.55. The number of carbonyl (C=O) groups is 2. The van der Waals surface area contributed by atoms with Crippen LogP contribution in [0.5, 0.6) is 11.5 Å². The molecule has 2 aliphatic heterocycles. The fraction of sp³-hybridized carbons (Fsp3) is 0.565. The van der Waals surface area contributed by atoms with Gasteiger partial charge >= 0.3 is 11.9 Å². The monoisotopic (exact) mass is 433 g/mol. The first kappa shape index (κ1) is 23.1. The van der Waals surface area contributed by atoms with Crippen molar-refractivity contribution in [3.8, 4) is 11.5 Å². The van der Waals surface area contributed by atoms with E-state index in [0.717, 1.165) is 31.9 Å². The molecule has 8 heteroatoms. The topological polar surface area (TPSA) is 94.5 Å². The molecule has 1 unspecified atom stereocenters. The van der Waals surface area contributed by atoms with E-state index in [9.17, 15) is 14.7 Å². The molecule has 0 saturated carbocycles. The van der Waals surface area contributed by atoms with Crippen LogP contribution in [0.3, 0.4) is 0 Å². The van der Waals surface area contributed by atoms with Gasteiger partial charge in [-0.25, -0.2) is 9.59 Å². The van der Waals surface area contributed by atoms with Gasteiger partial charge in [-0.1, -0.05) is 13.0 Å². The summed E-state index contributed by atoms with van der Waals surface area (Å²) in [6, 6.07) is 0. The van der Waals surface area contributed by atoms with E-state index >= 15 is 0 Å². The molecule has 0 aliphatic carbocycles. The Morgan fingerprint density at radius 3 is 2.77 bits per heavy atom. The molecule has 1 atom stereocenters. The van der Waals surface area contributed by atoms with Crippen molar-refractivity contribution in [2.24, 2.45) is 5.92 Å². The highest BCUT2D eigenvalue weighted by atomic mass is 16.5. The third-order valence-electron chi connectivity index (χ3n) is 5.81. The Bertz CT molecular complexity index is 843. The second-order valence-corrected chi connectivity index (χ2v) is 7.91. The number of ether oxygens (including phenoxy) is 4. The van der Waals surface area contributed by atoms with E-state index in [0.29, 0.717) is 42.9 Å². The predicted molar refractivity (Wildman–Crippen MR) is 113 cm³/mol. The maximum atomic E-state index is 12.0. The van der Waals surface area contributed by atoms with E-state index in [-0.39, 0.29) is 29.8 Å². The number of carbonyl (C=O) groups excluding carboxylic acids is 2. The van der Waals surface area contributed by atoms with Crippen molar-refractivity contribution in [2.75, 3.05) is 46.6 Å². The summed E-state index contributed by atoms with van der Waals surface area (Å²) in [6.07, 6.45) is 4.41. The van der Waals surface area contributed by atoms with Crippen LogP contribution in [0.15, 0.2) is 12.2 Å². The Morgan fingerprint density at radius 2 is 2.06 bits per heavy atom. The van der Waals surface area contributed by atoms with E-state index in [4.69, 9.17) is 18.9 Å². The summed E-state index contributed by atoms with van der Waals surface area (Å²) in [4.78, 5) is 26.2. The minimum Gasteiger partial charge on any atom is -0.507 e. The van der Waals surface area contributed by atoms with Crippen molar-refractivity contribution >= 4 is 11.9 Å². The second kappa shape index (κ2) is 10.6. The van der Waals surface area contributed by atoms with Crippen molar-refractivity contribution in [1.82, 2.24) is 4.90 Å². The van der Waals surface area contributed by atoms with E-state index in [1.165, 1.54) is 6.08 Å². The lowest BCUT2D eigenvalue weighted by molar-refractivity contribution is -0.138. The van der Waals surface area contributed by atoms with Gasteiger partial charge in [0.25, 0.3) is 0 Å². The number of allylic oxidation sites excluding steroid dienone is 1. The lowest BCUT2D eigenvalue weighted by Gasteiger charge is -2.25. The highest BCUT2D eigenvalue weighted by Crippen LogP contribution is 2.42. The Kier molecular flexibility index (Phi) is 7.92. The summed E-state index contributed by atoms with van der Waals surface area (Å²) in [5, 5.41) is 10.7. The fourth-order valence-corrected chi connectivity index (χ4v) is 3.93. The van der Waals surface area contributed by atoms with E-state index in [2.05, 4.69) is 4.90 Å². The van der Waals surface area contributed by atoms with Gasteiger partial charge in [-0.15, -0.1) is 0 Å². The molecule has 2 heterocycles. The summed E-state index contributed by atoms with van der Waals surface area (Å²) in [5.41, 5.74) is 2.31. The molecule has 1 aromatic rings. The van der Waals surface area contributed by atoms with Crippen molar-refractivity contribution in [2.45, 2.75) is 33.3 Å². The van der Waals surface area contributed by atoms with Gasteiger partial charge in [0.2, 0.25) is 0 Å². The smallest absolute Gasteiger partial charge is 0.342 e. The number of methoxy groups -OCH3 is 1. The molecular formula is C23H31NO7. The Hall–Kier alpha value is -2.58. The number of nitrogens with zero attached hydrogens (tertiary/aromatic N) is 1. The average Bonchev–Trinajstić information content (AvgIpc) is 3.16. The standard InChI is InChI=1S/C23H31NO7/c1-15(5-7-19(25)30-13-10-24-8-11-29-12-9-24)4-6-17-21(26)20-18(14-31-23(20)27)16(2)22(17)28-3/h5,7,15,26H,4,6,8-14H2,1-3H3. The number of fused-ring (bicyclic) bond motifs is 1. The number of benzene rings is 1. The number of cyclic esters (lactones) is 1. The van der Waals surface area contributed by atoms with Crippen LogP contribution in [0.4, 0.5) is 0 Å². The van der Waals surface area contributed by atoms with Crippen LogP contribution in [0.1, 0.15) is 40.4 Å². The van der Waals surface area contributed by atoms with Crippen LogP contribution in [0.25, 0.3) is 0 Å². The third-order valence-corrected chi connectivity index (χ3v) is 5.81. The number of esters is 2. The molecule has 3 rings (SSSR count). The van der Waals surface area contributed by atoms with Gasteiger partial charge in [0.15, 0.2) is 0 Å². The predicted octanol–water partition coefficient (Wildman–Crippen LogP) is 2.38. The maximum absolute atomic E-state index is 12.0. The van der Waals surface area contributed by atoms with Gasteiger partial charge in [-0.05, 0) is 31.2 Å². The van der Waals surface area contributed by atoms with E-state index in [1.807, 2.05) is 13.8 Å². The summed E-state index contributed by atoms with van der Waals surface area (Å²) in [5.74, 6) is -0.299. The number of aromatic hydroxyl groups is 1. The zero-order chi connectivity index (χ0) is 22.4. The third kappa shape index (κ3) is 5.57. The van der Waals surface area contributed by atoms with Gasteiger partial charge in [0.05, 0.1) is 20.3 Å². The van der Waals surface area contributed by atoms with Crippen molar-refractivity contribution in [3.05, 3.63) is 34.4 Å². The molecule has 0 bridgehead atoms. The molecule has 1 aromatic carbocycles. The molecule has 0 amide bonds. The van der Waals surface area contributed by atoms with E-state index < -0.39 is 5.97 Å². The molecule has 0 radical (unpaired) electrons. The first-order valence-electron chi connectivity index (χ1n) is 10.7. The normalized spacial score (nSPS) is 17.5. The van der Waals surface area contributed by atoms with Crippen LogP contribution < -0.4 is 4.74 Å². The van der Waals surface area contributed by atoms with Crippen molar-refractivity contribution in [1.29, 1.82) is 0 Å². The number of phenols is 1. The van der Waals surface area contributed by atoms with Crippen LogP contribution in [0.2, 0.25) is 0 Å². The second-order valence-electron chi connectivity index (χ2n) is 7.91. The zero-order valence-corrected chi connectivity index (χ0v) is 18.4. The van der Waals surface area contributed by atoms with Gasteiger partial charge in [0, 0.05) is 36.8 Å². The van der Waals surface area contributed by atoms with Crippen molar-refractivity contribution in [3.63, 3.8) is 0 Å². The molecule has 1 saturated heterocycles. The Labute approximate surface area is 182 Å². The molecule has 170 valence electrons. The summed E-state index contributed by atoms with van der Waals surface area (Å²) in [6.45, 7) is 8.21. The van der Waals surface area contributed by atoms with Gasteiger partial charge in [-0.2, -0.15) is 0 Å². The lowest BCUT2D eigenvalue weighted by atomic mass is 9.92. The first-order valence-corrected chi connectivity index (χ1v) is 10.7. The quantitative estimate of drug-likeness (QED) is 0.469. The van der Waals surface area contributed by atoms with Crippen LogP contribution in [-0.4, -0.2) is 68.5 Å². The number of rotatable bonds is 9. The number of hydrogen-bond donors (Lipinski definition) is 1. The molecule has 1 N–H and O–H groups in total. The minimum absolute atomic E-state index is 0.0661. The SMILES string of the molecule is COc1c(C)c2c(c(O)c1CCC(C)C=CC(=O)OCCN1CCOCC1)C(=O)OC2. The molecule has 0 spiro atoms. The van der Waals surface area contributed by atoms with E-state index in [1.54, 1.807) is 13.2 Å². The molecular weight excluding hydrogens is 402 g/mol. The highest BCUT2D eigenvalue weighted by molar-refractivity contribution is 5.98. The molecule has 8 nitrogen and oxygen atoms in total. The highest BCUT2D eigenvalue weighted by Gasteiger charge is 2.32. The molecule has 31 heavy (non-hydrogen) atoms. The lowest BCUT2D eigenvalue weighted by Crippen LogP contribution is -2.38. The van der Waals surface area contributed by atoms with Crippen molar-refractivity contribution < 1.29 is 33.6 Å². The molecule has 2 aliphatic rings. The fourth-order valence-electron chi connectivity index (χ4n) is 3.93. The number of phenolic OH excluding ortho intramolecular Hbond substituents is 1. The first-order chi connectivity index (χ1) is 14.9. The molecule has 1 fully saturated rings. The van der Waals surface area contributed by atoms with Gasteiger partial charge in [0.1, 0.15) is 30.3 Å². The van der Waals surface area contributed by atoms with Gasteiger partial charge < -0.3 is 24.1 Å². The van der Waals surface area contributed by atoms with Crippen LogP contribution >= 0.6 is 0 Å². The largest absolute Gasteiger partial charge is 0.507 e. The van der Waals surface area contributed by atoms with Crippen LogP contribution in [0, 0.1) is 12.8 Å². The summed E-state index contributed by atoms with van der Waals surface area (Å²) < 4.78 is 21.2. The van der Waals surface area contributed by atoms with Gasteiger partial charge in [-0.3, -0.25) is 4.90 Å². The Balaban J connectivity index is 1.52. The van der Waals surface area contributed by atoms with Crippen LogP contribution in [-0.2, 0) is 32.0 Å². The zero-order valence-electron chi connectivity index (χ0n) is 18.4. The average molecular weight is 434 g/mol. The molecule has 0 aromatic heterocycles.